The highest BCUT2D eigenvalue weighted by Crippen LogP contribution is 2.16. The molecule has 1 unspecified atom stereocenters. The minimum Gasteiger partial charge on any atom is -0.481 e. The first kappa shape index (κ1) is 18.6. The molecule has 20 heavy (non-hydrogen) atoms. The van der Waals surface area contributed by atoms with Crippen molar-refractivity contribution in [3.63, 3.8) is 0 Å². The summed E-state index contributed by atoms with van der Waals surface area (Å²) in [6.07, 6.45) is 8.83. The average Bonchev–Trinajstić information content (AvgIpc) is 2.39. The summed E-state index contributed by atoms with van der Waals surface area (Å²) in [4.78, 5) is 32.4. The molecule has 0 aliphatic heterocycles. The lowest BCUT2D eigenvalue weighted by Gasteiger charge is -2.10. The summed E-state index contributed by atoms with van der Waals surface area (Å²) in [7, 11) is 0. The number of hydrogen-bond acceptors (Lipinski definition) is 3. The molecule has 0 aliphatic carbocycles. The Labute approximate surface area is 120 Å². The second kappa shape index (κ2) is 11.4. The second-order valence-electron chi connectivity index (χ2n) is 5.23. The lowest BCUT2D eigenvalue weighted by atomic mass is 9.95. The highest BCUT2D eigenvalue weighted by atomic mass is 16.4. The minimum absolute atomic E-state index is 0.378. The molecule has 1 atom stereocenters. The van der Waals surface area contributed by atoms with Crippen molar-refractivity contribution in [1.82, 2.24) is 0 Å². The molecular weight excluding hydrogens is 260 g/mol. The van der Waals surface area contributed by atoms with Crippen molar-refractivity contribution in [3.05, 3.63) is 0 Å². The molecule has 0 saturated heterocycles. The average molecular weight is 286 g/mol. The Morgan fingerprint density at radius 1 is 0.850 bits per heavy atom. The Morgan fingerprint density at radius 2 is 1.35 bits per heavy atom. The molecule has 0 radical (unpaired) electrons. The van der Waals surface area contributed by atoms with E-state index in [2.05, 4.69) is 6.92 Å². The zero-order valence-electron chi connectivity index (χ0n) is 12.3. The van der Waals surface area contributed by atoms with Crippen LogP contribution in [-0.2, 0) is 14.4 Å². The quantitative estimate of drug-likeness (QED) is 0.400. The lowest BCUT2D eigenvalue weighted by Crippen LogP contribution is -2.22. The van der Waals surface area contributed by atoms with Crippen molar-refractivity contribution in [1.29, 1.82) is 0 Å². The number of hydrogen-bond donors (Lipinski definition) is 2. The number of rotatable bonds is 13. The van der Waals surface area contributed by atoms with Gasteiger partial charge in [0.1, 0.15) is 0 Å². The van der Waals surface area contributed by atoms with Gasteiger partial charge in [-0.1, -0.05) is 58.3 Å². The van der Waals surface area contributed by atoms with E-state index in [1.165, 1.54) is 25.7 Å². The predicted molar refractivity (Wildman–Crippen MR) is 75.6 cm³/mol. The van der Waals surface area contributed by atoms with Gasteiger partial charge in [-0.15, -0.1) is 0 Å². The maximum Gasteiger partial charge on any atom is 0.372 e. The SMILES string of the molecule is CCCCCCCCCCC(CC(=O)C(=O)O)C(=O)O. The zero-order valence-corrected chi connectivity index (χ0v) is 12.3. The van der Waals surface area contributed by atoms with Crippen LogP contribution in [0.25, 0.3) is 0 Å². The number of carbonyl (C=O) groups excluding carboxylic acids is 1. The fourth-order valence-electron chi connectivity index (χ4n) is 2.15. The van der Waals surface area contributed by atoms with E-state index in [1.807, 2.05) is 0 Å². The summed E-state index contributed by atoms with van der Waals surface area (Å²) in [6, 6.07) is 0. The van der Waals surface area contributed by atoms with Gasteiger partial charge in [-0.2, -0.15) is 0 Å². The summed E-state index contributed by atoms with van der Waals surface area (Å²) in [6.45, 7) is 2.17. The van der Waals surface area contributed by atoms with E-state index in [4.69, 9.17) is 10.2 Å². The smallest absolute Gasteiger partial charge is 0.372 e. The number of Topliss-reactive ketones (excluding diaryl/α,β-unsaturated/α-hetero) is 1. The molecule has 0 saturated carbocycles. The van der Waals surface area contributed by atoms with Crippen LogP contribution in [0.15, 0.2) is 0 Å². The summed E-state index contributed by atoms with van der Waals surface area (Å²) in [5.74, 6) is -4.51. The van der Waals surface area contributed by atoms with Gasteiger partial charge >= 0.3 is 11.9 Å². The first-order valence-electron chi connectivity index (χ1n) is 7.48. The molecule has 0 amide bonds. The van der Waals surface area contributed by atoms with Gasteiger partial charge in [0.05, 0.1) is 5.92 Å². The largest absolute Gasteiger partial charge is 0.481 e. The van der Waals surface area contributed by atoms with Gasteiger partial charge in [0.25, 0.3) is 0 Å². The predicted octanol–water partition coefficient (Wildman–Crippen LogP) is 3.26. The van der Waals surface area contributed by atoms with E-state index < -0.39 is 30.1 Å². The monoisotopic (exact) mass is 286 g/mol. The van der Waals surface area contributed by atoms with Crippen LogP contribution in [0.2, 0.25) is 0 Å². The molecule has 0 bridgehead atoms. The minimum atomic E-state index is -1.55. The van der Waals surface area contributed by atoms with E-state index >= 15 is 0 Å². The third-order valence-corrected chi connectivity index (χ3v) is 3.43. The molecule has 5 heteroatoms. The number of carboxylic acids is 2. The van der Waals surface area contributed by atoms with E-state index in [9.17, 15) is 14.4 Å². The van der Waals surface area contributed by atoms with Crippen LogP contribution >= 0.6 is 0 Å². The van der Waals surface area contributed by atoms with Crippen molar-refractivity contribution in [2.75, 3.05) is 0 Å². The lowest BCUT2D eigenvalue weighted by molar-refractivity contribution is -0.151. The normalized spacial score (nSPS) is 12.1. The summed E-state index contributed by atoms with van der Waals surface area (Å²) in [5.41, 5.74) is 0. The topological polar surface area (TPSA) is 91.7 Å². The molecule has 0 fully saturated rings. The Bertz CT molecular complexity index is 311. The summed E-state index contributed by atoms with van der Waals surface area (Å²) < 4.78 is 0. The maximum atomic E-state index is 11.0. The van der Waals surface area contributed by atoms with Gasteiger partial charge < -0.3 is 10.2 Å². The molecule has 2 N–H and O–H groups in total. The standard InChI is InChI=1S/C15H26O5/c1-2-3-4-5-6-7-8-9-10-12(14(17)18)11-13(16)15(19)20/h12H,2-11H2,1H3,(H,17,18)(H,19,20). The van der Waals surface area contributed by atoms with Gasteiger partial charge in [0, 0.05) is 6.42 Å². The molecule has 0 heterocycles. The Kier molecular flexibility index (Phi) is 10.6. The van der Waals surface area contributed by atoms with Crippen molar-refractivity contribution in [2.45, 2.75) is 71.1 Å². The number of carbonyl (C=O) groups is 3. The third-order valence-electron chi connectivity index (χ3n) is 3.43. The van der Waals surface area contributed by atoms with Gasteiger partial charge in [-0.3, -0.25) is 9.59 Å². The highest BCUT2D eigenvalue weighted by molar-refractivity contribution is 6.33. The van der Waals surface area contributed by atoms with Crippen LogP contribution < -0.4 is 0 Å². The van der Waals surface area contributed by atoms with Crippen molar-refractivity contribution < 1.29 is 24.6 Å². The molecule has 0 aromatic rings. The van der Waals surface area contributed by atoms with Gasteiger partial charge in [-0.05, 0) is 6.42 Å². The van der Waals surface area contributed by atoms with Crippen LogP contribution in [0.3, 0.4) is 0 Å². The molecule has 0 aromatic heterocycles. The Hall–Kier alpha value is -1.39. The molecular formula is C15H26O5. The molecule has 0 aromatic carbocycles. The second-order valence-corrected chi connectivity index (χ2v) is 5.23. The van der Waals surface area contributed by atoms with Crippen molar-refractivity contribution in [3.8, 4) is 0 Å². The fourth-order valence-corrected chi connectivity index (χ4v) is 2.15. The third kappa shape index (κ3) is 9.53. The van der Waals surface area contributed by atoms with E-state index in [0.717, 1.165) is 25.7 Å². The molecule has 0 rings (SSSR count). The summed E-state index contributed by atoms with van der Waals surface area (Å²) in [5, 5.41) is 17.4. The van der Waals surface area contributed by atoms with Crippen molar-refractivity contribution >= 4 is 17.7 Å². The first-order chi connectivity index (χ1) is 9.49. The van der Waals surface area contributed by atoms with Crippen LogP contribution in [0.1, 0.15) is 71.1 Å². The molecule has 5 nitrogen and oxygen atoms in total. The van der Waals surface area contributed by atoms with Crippen LogP contribution in [0, 0.1) is 5.92 Å². The number of carboxylic acid groups (broad SMARTS) is 2. The molecule has 116 valence electrons. The van der Waals surface area contributed by atoms with Crippen molar-refractivity contribution in [2.24, 2.45) is 5.92 Å². The van der Waals surface area contributed by atoms with Crippen LogP contribution in [0.4, 0.5) is 0 Å². The maximum absolute atomic E-state index is 11.0. The van der Waals surface area contributed by atoms with E-state index in [-0.39, 0.29) is 0 Å². The number of ketones is 1. The van der Waals surface area contributed by atoms with Crippen LogP contribution in [-0.4, -0.2) is 27.9 Å². The fraction of sp³-hybridized carbons (Fsp3) is 0.800. The Balaban J connectivity index is 3.74. The zero-order chi connectivity index (χ0) is 15.4. The molecule has 0 spiro atoms. The van der Waals surface area contributed by atoms with E-state index in [0.29, 0.717) is 6.42 Å². The molecule has 0 aliphatic rings. The van der Waals surface area contributed by atoms with Gasteiger partial charge in [0.2, 0.25) is 5.78 Å². The first-order valence-corrected chi connectivity index (χ1v) is 7.48. The Morgan fingerprint density at radius 3 is 1.80 bits per heavy atom. The summed E-state index contributed by atoms with van der Waals surface area (Å²) >= 11 is 0. The highest BCUT2D eigenvalue weighted by Gasteiger charge is 2.24. The number of aliphatic carboxylic acids is 2. The van der Waals surface area contributed by atoms with Crippen LogP contribution in [0.5, 0.6) is 0 Å². The van der Waals surface area contributed by atoms with Gasteiger partial charge in [-0.25, -0.2) is 4.79 Å². The van der Waals surface area contributed by atoms with E-state index in [1.54, 1.807) is 0 Å². The van der Waals surface area contributed by atoms with Gasteiger partial charge in [0.15, 0.2) is 0 Å². The number of unbranched alkanes of at least 4 members (excludes halogenated alkanes) is 7.